The Morgan fingerprint density at radius 2 is 2.22 bits per heavy atom. The maximum Gasteiger partial charge on any atom is 0.293 e. The number of carbonyl (C=O) groups is 2. The van der Waals surface area contributed by atoms with E-state index in [-0.39, 0.29) is 11.1 Å². The minimum Gasteiger partial charge on any atom is -0.268 e. The standard InChI is InChI=1S/C13H14N2O2S/c1-2-3-8-15-12(16)11(18-13(15)17)9-10-6-4-5-7-14-10/h4-7,9H,2-3,8H2,1H3/b11-9-. The third-order valence-electron chi connectivity index (χ3n) is 2.58. The number of rotatable bonds is 4. The van der Waals surface area contributed by atoms with Gasteiger partial charge in [-0.15, -0.1) is 0 Å². The Morgan fingerprint density at radius 3 is 2.89 bits per heavy atom. The summed E-state index contributed by atoms with van der Waals surface area (Å²) in [6, 6.07) is 5.46. The zero-order valence-electron chi connectivity index (χ0n) is 10.1. The molecule has 0 aliphatic carbocycles. The maximum atomic E-state index is 12.0. The second-order valence-electron chi connectivity index (χ2n) is 3.94. The Morgan fingerprint density at radius 1 is 1.39 bits per heavy atom. The van der Waals surface area contributed by atoms with Gasteiger partial charge >= 0.3 is 0 Å². The van der Waals surface area contributed by atoms with Crippen molar-refractivity contribution in [3.05, 3.63) is 35.0 Å². The first kappa shape index (κ1) is 12.8. The third kappa shape index (κ3) is 2.79. The topological polar surface area (TPSA) is 50.3 Å². The number of pyridine rings is 1. The molecule has 1 aromatic rings. The van der Waals surface area contributed by atoms with E-state index in [0.29, 0.717) is 17.1 Å². The van der Waals surface area contributed by atoms with E-state index in [1.54, 1.807) is 18.3 Å². The van der Waals surface area contributed by atoms with Gasteiger partial charge in [0.2, 0.25) is 0 Å². The lowest BCUT2D eigenvalue weighted by molar-refractivity contribution is -0.122. The highest BCUT2D eigenvalue weighted by Crippen LogP contribution is 2.31. The maximum absolute atomic E-state index is 12.0. The molecule has 5 heteroatoms. The summed E-state index contributed by atoms with van der Waals surface area (Å²) in [7, 11) is 0. The van der Waals surface area contributed by atoms with E-state index in [9.17, 15) is 9.59 Å². The van der Waals surface area contributed by atoms with Gasteiger partial charge in [0.05, 0.1) is 10.6 Å². The molecule has 1 aromatic heterocycles. The van der Waals surface area contributed by atoms with Crippen LogP contribution in [0.15, 0.2) is 29.3 Å². The average Bonchev–Trinajstić information content (AvgIpc) is 2.64. The van der Waals surface area contributed by atoms with Gasteiger partial charge in [0, 0.05) is 12.7 Å². The van der Waals surface area contributed by atoms with Crippen molar-refractivity contribution in [2.75, 3.05) is 6.54 Å². The highest BCUT2D eigenvalue weighted by Gasteiger charge is 2.34. The number of hydrogen-bond acceptors (Lipinski definition) is 4. The number of amides is 2. The Labute approximate surface area is 110 Å². The van der Waals surface area contributed by atoms with Crippen LogP contribution in [0.4, 0.5) is 4.79 Å². The summed E-state index contributed by atoms with van der Waals surface area (Å²) in [5.41, 5.74) is 0.693. The minimum absolute atomic E-state index is 0.185. The summed E-state index contributed by atoms with van der Waals surface area (Å²) in [6.07, 6.45) is 5.12. The van der Waals surface area contributed by atoms with Gasteiger partial charge < -0.3 is 0 Å². The first-order chi connectivity index (χ1) is 8.72. The molecule has 0 radical (unpaired) electrons. The van der Waals surface area contributed by atoms with E-state index in [4.69, 9.17) is 0 Å². The van der Waals surface area contributed by atoms with Crippen molar-refractivity contribution in [1.82, 2.24) is 9.88 Å². The molecule has 1 fully saturated rings. The fourth-order valence-corrected chi connectivity index (χ4v) is 2.45. The summed E-state index contributed by atoms with van der Waals surface area (Å²) in [5, 5.41) is -0.185. The van der Waals surface area contributed by atoms with Gasteiger partial charge in [-0.3, -0.25) is 19.5 Å². The summed E-state index contributed by atoms with van der Waals surface area (Å²) in [4.78, 5) is 29.6. The lowest BCUT2D eigenvalue weighted by atomic mass is 10.3. The van der Waals surface area contributed by atoms with Crippen LogP contribution in [0.3, 0.4) is 0 Å². The largest absolute Gasteiger partial charge is 0.293 e. The highest BCUT2D eigenvalue weighted by atomic mass is 32.2. The molecule has 2 amide bonds. The van der Waals surface area contributed by atoms with Gasteiger partial charge in [-0.25, -0.2) is 0 Å². The van der Waals surface area contributed by atoms with Gasteiger partial charge in [0.1, 0.15) is 0 Å². The van der Waals surface area contributed by atoms with Crippen molar-refractivity contribution in [2.24, 2.45) is 0 Å². The van der Waals surface area contributed by atoms with Gasteiger partial charge in [-0.05, 0) is 36.4 Å². The predicted octanol–water partition coefficient (Wildman–Crippen LogP) is 2.92. The van der Waals surface area contributed by atoms with Gasteiger partial charge in [0.25, 0.3) is 11.1 Å². The second-order valence-corrected chi connectivity index (χ2v) is 4.93. The van der Waals surface area contributed by atoms with Crippen LogP contribution in [0, 0.1) is 0 Å². The molecule has 0 aromatic carbocycles. The normalized spacial score (nSPS) is 17.8. The Kier molecular flexibility index (Phi) is 4.15. The van der Waals surface area contributed by atoms with Crippen LogP contribution in [0.25, 0.3) is 6.08 Å². The number of aromatic nitrogens is 1. The fraction of sp³-hybridized carbons (Fsp3) is 0.308. The Balaban J connectivity index is 2.15. The monoisotopic (exact) mass is 262 g/mol. The van der Waals surface area contributed by atoms with Gasteiger partial charge in [-0.1, -0.05) is 19.4 Å². The van der Waals surface area contributed by atoms with Gasteiger partial charge in [-0.2, -0.15) is 0 Å². The average molecular weight is 262 g/mol. The van der Waals surface area contributed by atoms with E-state index in [1.807, 2.05) is 19.1 Å². The SMILES string of the molecule is CCCCN1C(=O)S/C(=C\c2ccccn2)C1=O. The molecular weight excluding hydrogens is 248 g/mol. The zero-order chi connectivity index (χ0) is 13.0. The number of carbonyl (C=O) groups excluding carboxylic acids is 2. The molecule has 1 saturated heterocycles. The zero-order valence-corrected chi connectivity index (χ0v) is 10.9. The van der Waals surface area contributed by atoms with Crippen molar-refractivity contribution >= 4 is 29.0 Å². The molecule has 0 unspecified atom stereocenters. The Hall–Kier alpha value is -1.62. The summed E-state index contributed by atoms with van der Waals surface area (Å²) >= 11 is 0.986. The van der Waals surface area contributed by atoms with E-state index < -0.39 is 0 Å². The van der Waals surface area contributed by atoms with E-state index in [1.165, 1.54) is 4.90 Å². The summed E-state index contributed by atoms with van der Waals surface area (Å²) < 4.78 is 0. The Bertz CT molecular complexity index is 485. The number of unbranched alkanes of at least 4 members (excludes halogenated alkanes) is 1. The van der Waals surface area contributed by atoms with E-state index in [0.717, 1.165) is 24.6 Å². The lowest BCUT2D eigenvalue weighted by Crippen LogP contribution is -2.29. The first-order valence-electron chi connectivity index (χ1n) is 5.88. The molecule has 18 heavy (non-hydrogen) atoms. The number of hydrogen-bond donors (Lipinski definition) is 0. The van der Waals surface area contributed by atoms with Crippen molar-refractivity contribution in [2.45, 2.75) is 19.8 Å². The van der Waals surface area contributed by atoms with E-state index in [2.05, 4.69) is 4.98 Å². The number of thioether (sulfide) groups is 1. The van der Waals surface area contributed by atoms with Crippen LogP contribution in [-0.2, 0) is 4.79 Å². The molecule has 2 heterocycles. The smallest absolute Gasteiger partial charge is 0.268 e. The van der Waals surface area contributed by atoms with E-state index >= 15 is 0 Å². The lowest BCUT2D eigenvalue weighted by Gasteiger charge is -2.10. The number of nitrogens with zero attached hydrogens (tertiary/aromatic N) is 2. The molecule has 0 spiro atoms. The van der Waals surface area contributed by atoms with Gasteiger partial charge in [0.15, 0.2) is 0 Å². The van der Waals surface area contributed by atoms with Crippen LogP contribution in [0.2, 0.25) is 0 Å². The first-order valence-corrected chi connectivity index (χ1v) is 6.70. The van der Waals surface area contributed by atoms with Crippen molar-refractivity contribution in [3.8, 4) is 0 Å². The van der Waals surface area contributed by atoms with Crippen LogP contribution in [0.1, 0.15) is 25.5 Å². The van der Waals surface area contributed by atoms with Crippen LogP contribution in [0.5, 0.6) is 0 Å². The highest BCUT2D eigenvalue weighted by molar-refractivity contribution is 8.18. The van der Waals surface area contributed by atoms with Crippen molar-refractivity contribution in [1.29, 1.82) is 0 Å². The third-order valence-corrected chi connectivity index (χ3v) is 3.48. The second kappa shape index (κ2) is 5.82. The summed E-state index contributed by atoms with van der Waals surface area (Å²) in [6.45, 7) is 2.53. The summed E-state index contributed by atoms with van der Waals surface area (Å²) in [5.74, 6) is -0.205. The van der Waals surface area contributed by atoms with Crippen molar-refractivity contribution in [3.63, 3.8) is 0 Å². The molecule has 94 valence electrons. The van der Waals surface area contributed by atoms with Crippen LogP contribution >= 0.6 is 11.8 Å². The molecule has 4 nitrogen and oxygen atoms in total. The van der Waals surface area contributed by atoms with Crippen LogP contribution < -0.4 is 0 Å². The fourth-order valence-electron chi connectivity index (χ4n) is 1.60. The molecule has 1 aliphatic heterocycles. The molecule has 0 bridgehead atoms. The quantitative estimate of drug-likeness (QED) is 0.783. The molecule has 0 saturated carbocycles. The predicted molar refractivity (Wildman–Crippen MR) is 71.8 cm³/mol. The molecule has 0 N–H and O–H groups in total. The van der Waals surface area contributed by atoms with Crippen molar-refractivity contribution < 1.29 is 9.59 Å². The molecule has 1 aliphatic rings. The minimum atomic E-state index is -0.205. The molecule has 0 atom stereocenters. The molecule has 2 rings (SSSR count). The molecular formula is C13H14N2O2S. The number of imide groups is 1. The van der Waals surface area contributed by atoms with Crippen LogP contribution in [-0.4, -0.2) is 27.6 Å².